The van der Waals surface area contributed by atoms with Gasteiger partial charge < -0.3 is 5.11 Å². The first-order valence-electron chi connectivity index (χ1n) is 9.46. The molecule has 1 heterocycles. The van der Waals surface area contributed by atoms with Crippen molar-refractivity contribution in [1.82, 2.24) is 9.71 Å². The van der Waals surface area contributed by atoms with Crippen molar-refractivity contribution in [2.75, 3.05) is 6.26 Å². The molecule has 9 heteroatoms. The van der Waals surface area contributed by atoms with Crippen LogP contribution < -0.4 is 4.72 Å². The third-order valence-corrected chi connectivity index (χ3v) is 8.49. The maximum atomic E-state index is 12.9. The van der Waals surface area contributed by atoms with Gasteiger partial charge in [-0.15, -0.1) is 23.1 Å². The number of hydrogen-bond acceptors (Lipinski definition) is 6. The molecule has 1 aromatic carbocycles. The Kier molecular flexibility index (Phi) is 6.69. The molecule has 2 aromatic rings. The molecule has 0 unspecified atom stereocenters. The van der Waals surface area contributed by atoms with Gasteiger partial charge in [0.05, 0.1) is 20.1 Å². The Morgan fingerprint density at radius 3 is 2.54 bits per heavy atom. The molecule has 0 bridgehead atoms. The van der Waals surface area contributed by atoms with Gasteiger partial charge in [-0.2, -0.15) is 4.72 Å². The van der Waals surface area contributed by atoms with E-state index in [4.69, 9.17) is 4.98 Å². The van der Waals surface area contributed by atoms with Crippen molar-refractivity contribution in [3.05, 3.63) is 17.1 Å². The second kappa shape index (κ2) is 8.69. The van der Waals surface area contributed by atoms with Crippen LogP contribution in [-0.2, 0) is 14.8 Å². The van der Waals surface area contributed by atoms with Gasteiger partial charge in [0.2, 0.25) is 10.0 Å². The summed E-state index contributed by atoms with van der Waals surface area (Å²) in [6.07, 6.45) is 7.86. The highest BCUT2D eigenvalue weighted by Crippen LogP contribution is 2.40. The maximum absolute atomic E-state index is 12.9. The Hall–Kier alpha value is -1.16. The number of fused-ring (bicyclic) bond motifs is 1. The molecule has 6 nitrogen and oxygen atoms in total. The Labute approximate surface area is 174 Å². The van der Waals surface area contributed by atoms with Crippen LogP contribution in [0.3, 0.4) is 0 Å². The molecular formula is C19H26N2O4S3. The molecule has 1 aliphatic carbocycles. The summed E-state index contributed by atoms with van der Waals surface area (Å²) in [5.41, 5.74) is 0.843. The van der Waals surface area contributed by atoms with Crippen molar-refractivity contribution in [3.8, 4) is 0 Å². The zero-order valence-corrected chi connectivity index (χ0v) is 18.7. The topological polar surface area (TPSA) is 96.4 Å². The number of aliphatic carboxylic acids is 1. The van der Waals surface area contributed by atoms with E-state index in [0.717, 1.165) is 33.0 Å². The van der Waals surface area contributed by atoms with Crippen molar-refractivity contribution in [3.63, 3.8) is 0 Å². The number of aromatic nitrogens is 1. The number of rotatable bonds is 7. The average Bonchev–Trinajstić information content (AvgIpc) is 3.10. The second-order valence-electron chi connectivity index (χ2n) is 7.54. The number of carbonyl (C=O) groups is 1. The third kappa shape index (κ3) is 4.53. The molecule has 0 aliphatic heterocycles. The van der Waals surface area contributed by atoms with Crippen LogP contribution in [0.2, 0.25) is 0 Å². The standard InChI is InChI=1S/C19H26N2O4S3/c1-11(2)16(19(22)23)21-28(24,25)13-9-14(26-3)17-15(10-13)27-18(20-17)12-7-5-4-6-8-12/h9-12,16,21H,4-8H2,1-3H3,(H,22,23)/t16-/m1/s1. The monoisotopic (exact) mass is 442 g/mol. The van der Waals surface area contributed by atoms with Crippen molar-refractivity contribution in [2.45, 2.75) is 67.7 Å². The number of carboxylic acid groups (broad SMARTS) is 1. The van der Waals surface area contributed by atoms with Crippen LogP contribution in [0.25, 0.3) is 10.2 Å². The van der Waals surface area contributed by atoms with E-state index in [1.807, 2.05) is 6.26 Å². The molecule has 1 aromatic heterocycles. The van der Waals surface area contributed by atoms with Crippen LogP contribution in [0.1, 0.15) is 56.9 Å². The number of nitrogens with one attached hydrogen (secondary N) is 1. The molecule has 1 fully saturated rings. The Bertz CT molecular complexity index is 963. The SMILES string of the molecule is CSc1cc(S(=O)(=O)N[C@@H](C(=O)O)C(C)C)cc2sc(C3CCCCC3)nc12. The molecule has 154 valence electrons. The fraction of sp³-hybridized carbons (Fsp3) is 0.579. The lowest BCUT2D eigenvalue weighted by Gasteiger charge is -2.18. The molecule has 0 spiro atoms. The number of thiazole rings is 1. The van der Waals surface area contributed by atoms with E-state index in [1.165, 1.54) is 31.0 Å². The van der Waals surface area contributed by atoms with Crippen molar-refractivity contribution < 1.29 is 18.3 Å². The predicted molar refractivity (Wildman–Crippen MR) is 114 cm³/mol. The van der Waals surface area contributed by atoms with E-state index in [0.29, 0.717) is 5.92 Å². The van der Waals surface area contributed by atoms with Gasteiger partial charge in [0.1, 0.15) is 6.04 Å². The first-order chi connectivity index (χ1) is 13.2. The molecule has 1 saturated carbocycles. The Balaban J connectivity index is 2.00. The Morgan fingerprint density at radius 2 is 1.96 bits per heavy atom. The normalized spacial score (nSPS) is 17.3. The number of sulfonamides is 1. The molecule has 28 heavy (non-hydrogen) atoms. The largest absolute Gasteiger partial charge is 0.480 e. The minimum absolute atomic E-state index is 0.0927. The van der Waals surface area contributed by atoms with E-state index < -0.39 is 22.0 Å². The van der Waals surface area contributed by atoms with E-state index in [2.05, 4.69) is 4.72 Å². The van der Waals surface area contributed by atoms with Crippen LogP contribution in [-0.4, -0.2) is 36.8 Å². The fourth-order valence-corrected chi connectivity index (χ4v) is 6.93. The van der Waals surface area contributed by atoms with Gasteiger partial charge in [0.25, 0.3) is 0 Å². The van der Waals surface area contributed by atoms with Crippen LogP contribution in [0, 0.1) is 5.92 Å². The summed E-state index contributed by atoms with van der Waals surface area (Å²) in [5.74, 6) is -1.09. The molecule has 1 atom stereocenters. The van der Waals surface area contributed by atoms with Gasteiger partial charge in [-0.05, 0) is 37.1 Å². The number of hydrogen-bond donors (Lipinski definition) is 2. The van der Waals surface area contributed by atoms with Crippen LogP contribution >= 0.6 is 23.1 Å². The summed E-state index contributed by atoms with van der Waals surface area (Å²) >= 11 is 3.02. The number of carboxylic acids is 1. The van der Waals surface area contributed by atoms with Gasteiger partial charge in [-0.3, -0.25) is 4.79 Å². The quantitative estimate of drug-likeness (QED) is 0.615. The van der Waals surface area contributed by atoms with E-state index in [9.17, 15) is 18.3 Å². The van der Waals surface area contributed by atoms with Gasteiger partial charge in [0, 0.05) is 10.8 Å². The maximum Gasteiger partial charge on any atom is 0.322 e. The molecule has 2 N–H and O–H groups in total. The molecule has 3 rings (SSSR count). The molecular weight excluding hydrogens is 416 g/mol. The van der Waals surface area contributed by atoms with Gasteiger partial charge >= 0.3 is 5.97 Å². The summed E-state index contributed by atoms with van der Waals surface area (Å²) in [7, 11) is -3.95. The summed E-state index contributed by atoms with van der Waals surface area (Å²) in [6.45, 7) is 3.36. The van der Waals surface area contributed by atoms with Crippen molar-refractivity contribution in [1.29, 1.82) is 0 Å². The molecule has 0 amide bonds. The Morgan fingerprint density at radius 1 is 1.29 bits per heavy atom. The number of benzene rings is 1. The van der Waals surface area contributed by atoms with Gasteiger partial charge in [-0.25, -0.2) is 13.4 Å². The van der Waals surface area contributed by atoms with Gasteiger partial charge in [0.15, 0.2) is 0 Å². The highest BCUT2D eigenvalue weighted by atomic mass is 32.2. The highest BCUT2D eigenvalue weighted by molar-refractivity contribution is 7.98. The average molecular weight is 443 g/mol. The lowest BCUT2D eigenvalue weighted by Crippen LogP contribution is -2.44. The summed E-state index contributed by atoms with van der Waals surface area (Å²) in [6, 6.07) is 2.05. The van der Waals surface area contributed by atoms with E-state index >= 15 is 0 Å². The van der Waals surface area contributed by atoms with Gasteiger partial charge in [-0.1, -0.05) is 33.1 Å². The summed E-state index contributed by atoms with van der Waals surface area (Å²) < 4.78 is 28.9. The van der Waals surface area contributed by atoms with E-state index in [-0.39, 0.29) is 10.8 Å². The van der Waals surface area contributed by atoms with E-state index in [1.54, 1.807) is 37.3 Å². The first kappa shape index (κ1) is 21.5. The van der Waals surface area contributed by atoms with Crippen LogP contribution in [0.4, 0.5) is 0 Å². The summed E-state index contributed by atoms with van der Waals surface area (Å²) in [5, 5.41) is 10.4. The molecule has 0 saturated heterocycles. The minimum Gasteiger partial charge on any atom is -0.480 e. The van der Waals surface area contributed by atoms with Crippen molar-refractivity contribution >= 4 is 49.3 Å². The zero-order valence-electron chi connectivity index (χ0n) is 16.3. The number of nitrogens with zero attached hydrogens (tertiary/aromatic N) is 1. The predicted octanol–water partition coefficient (Wildman–Crippen LogP) is 4.45. The molecule has 0 radical (unpaired) electrons. The number of thioether (sulfide) groups is 1. The second-order valence-corrected chi connectivity index (χ2v) is 11.2. The van der Waals surface area contributed by atoms with Crippen LogP contribution in [0.5, 0.6) is 0 Å². The zero-order chi connectivity index (χ0) is 20.5. The smallest absolute Gasteiger partial charge is 0.322 e. The van der Waals surface area contributed by atoms with Crippen molar-refractivity contribution in [2.24, 2.45) is 5.92 Å². The minimum atomic E-state index is -3.95. The van der Waals surface area contributed by atoms with Crippen LogP contribution in [0.15, 0.2) is 21.9 Å². The lowest BCUT2D eigenvalue weighted by atomic mass is 9.90. The highest BCUT2D eigenvalue weighted by Gasteiger charge is 2.29. The summed E-state index contributed by atoms with van der Waals surface area (Å²) in [4.78, 5) is 17.2. The first-order valence-corrected chi connectivity index (χ1v) is 13.0. The molecule has 1 aliphatic rings. The lowest BCUT2D eigenvalue weighted by molar-refractivity contribution is -0.140. The third-order valence-electron chi connectivity index (χ3n) is 5.15. The fourth-order valence-electron chi connectivity index (χ4n) is 3.53.